The molecule has 0 saturated carbocycles. The van der Waals surface area contributed by atoms with Crippen LogP contribution in [0.15, 0.2) is 23.8 Å². The normalized spacial score (nSPS) is 20.1. The van der Waals surface area contributed by atoms with E-state index in [9.17, 15) is 9.59 Å². The first-order chi connectivity index (χ1) is 6.50. The molecule has 1 rings (SSSR count). The lowest BCUT2D eigenvalue weighted by molar-refractivity contribution is -0.145. The summed E-state index contributed by atoms with van der Waals surface area (Å²) in [5.74, 6) is -0.817. The van der Waals surface area contributed by atoms with E-state index in [1.807, 2.05) is 6.92 Å². The second-order valence-electron chi connectivity index (χ2n) is 3.65. The molecule has 0 aliphatic heterocycles. The molecule has 0 radical (unpaired) electrons. The van der Waals surface area contributed by atoms with Crippen LogP contribution in [0.2, 0.25) is 0 Å². The largest absolute Gasteiger partial charge is 0.481 e. The molecular weight excluding hydrogens is 180 g/mol. The zero-order valence-corrected chi connectivity index (χ0v) is 8.41. The van der Waals surface area contributed by atoms with E-state index < -0.39 is 11.4 Å². The Hall–Kier alpha value is -1.38. The van der Waals surface area contributed by atoms with E-state index in [4.69, 9.17) is 5.11 Å². The van der Waals surface area contributed by atoms with Crippen molar-refractivity contribution < 1.29 is 14.7 Å². The van der Waals surface area contributed by atoms with Crippen LogP contribution in [0.5, 0.6) is 0 Å². The lowest BCUT2D eigenvalue weighted by Crippen LogP contribution is -2.29. The third kappa shape index (κ3) is 1.76. The van der Waals surface area contributed by atoms with Crippen LogP contribution in [-0.2, 0) is 9.59 Å². The fourth-order valence-corrected chi connectivity index (χ4v) is 1.42. The summed E-state index contributed by atoms with van der Waals surface area (Å²) in [6.45, 7) is 3.51. The minimum Gasteiger partial charge on any atom is -0.481 e. The molecule has 1 atom stereocenters. The maximum Gasteiger partial charge on any atom is 0.313 e. The number of aliphatic carboxylic acids is 1. The Morgan fingerprint density at radius 2 is 2.21 bits per heavy atom. The molecule has 0 amide bonds. The van der Waals surface area contributed by atoms with Crippen molar-refractivity contribution in [3.63, 3.8) is 0 Å². The highest BCUT2D eigenvalue weighted by Crippen LogP contribution is 2.33. The fraction of sp³-hybridized carbons (Fsp3) is 0.455. The molecule has 0 aromatic rings. The van der Waals surface area contributed by atoms with Crippen LogP contribution in [0.4, 0.5) is 0 Å². The molecule has 1 aliphatic rings. The molecule has 0 fully saturated rings. The second kappa shape index (κ2) is 3.78. The predicted molar refractivity (Wildman–Crippen MR) is 52.9 cm³/mol. The number of allylic oxidation sites excluding steroid dienone is 3. The molecule has 0 saturated heterocycles. The minimum atomic E-state index is -0.864. The number of carboxylic acid groups (broad SMARTS) is 1. The quantitative estimate of drug-likeness (QED) is 0.747. The molecule has 0 bridgehead atoms. The van der Waals surface area contributed by atoms with E-state index >= 15 is 0 Å². The first-order valence-electron chi connectivity index (χ1n) is 4.65. The predicted octanol–water partition coefficient (Wildman–Crippen LogP) is 1.94. The number of carbonyl (C=O) groups is 2. The molecule has 76 valence electrons. The minimum absolute atomic E-state index is 0.0255. The van der Waals surface area contributed by atoms with Crippen molar-refractivity contribution >= 4 is 11.8 Å². The van der Waals surface area contributed by atoms with Crippen molar-refractivity contribution in [2.75, 3.05) is 0 Å². The number of hydrogen-bond donors (Lipinski definition) is 1. The van der Waals surface area contributed by atoms with Gasteiger partial charge in [-0.3, -0.25) is 9.59 Å². The van der Waals surface area contributed by atoms with E-state index in [2.05, 4.69) is 0 Å². The van der Waals surface area contributed by atoms with Gasteiger partial charge < -0.3 is 5.11 Å². The molecular formula is C11H14O3. The summed E-state index contributed by atoms with van der Waals surface area (Å²) in [5.41, 5.74) is -0.135. The summed E-state index contributed by atoms with van der Waals surface area (Å²) < 4.78 is 0. The molecule has 0 aromatic heterocycles. The number of hydrogen-bond acceptors (Lipinski definition) is 2. The fourth-order valence-electron chi connectivity index (χ4n) is 1.42. The van der Waals surface area contributed by atoms with Crippen LogP contribution in [0.25, 0.3) is 0 Å². The Labute approximate surface area is 83.1 Å². The maximum atomic E-state index is 11.1. The van der Waals surface area contributed by atoms with Crippen LogP contribution in [0, 0.1) is 5.41 Å². The summed E-state index contributed by atoms with van der Waals surface area (Å²) in [6.07, 6.45) is 5.61. The van der Waals surface area contributed by atoms with Gasteiger partial charge in [0.05, 0.1) is 5.41 Å². The summed E-state index contributed by atoms with van der Waals surface area (Å²) >= 11 is 0. The van der Waals surface area contributed by atoms with Gasteiger partial charge in [-0.2, -0.15) is 0 Å². The summed E-state index contributed by atoms with van der Waals surface area (Å²) in [4.78, 5) is 22.0. The monoisotopic (exact) mass is 194 g/mol. The molecule has 3 nitrogen and oxygen atoms in total. The lowest BCUT2D eigenvalue weighted by atomic mass is 9.77. The van der Waals surface area contributed by atoms with Crippen molar-refractivity contribution in [2.24, 2.45) is 5.41 Å². The van der Waals surface area contributed by atoms with Gasteiger partial charge in [-0.25, -0.2) is 0 Å². The van der Waals surface area contributed by atoms with Gasteiger partial charge >= 0.3 is 5.97 Å². The smallest absolute Gasteiger partial charge is 0.313 e. The van der Waals surface area contributed by atoms with E-state index in [0.717, 1.165) is 5.57 Å². The average molecular weight is 194 g/mol. The number of carbonyl (C=O) groups excluding carboxylic acids is 1. The molecule has 0 heterocycles. The Kier molecular flexibility index (Phi) is 2.89. The molecule has 1 aliphatic carbocycles. The molecule has 1 unspecified atom stereocenters. The number of carboxylic acids is 1. The molecule has 1 N–H and O–H groups in total. The van der Waals surface area contributed by atoms with Gasteiger partial charge in [-0.1, -0.05) is 19.1 Å². The van der Waals surface area contributed by atoms with Gasteiger partial charge in [-0.15, -0.1) is 0 Å². The molecule has 0 aromatic carbocycles. The van der Waals surface area contributed by atoms with Crippen molar-refractivity contribution in [3.05, 3.63) is 23.8 Å². The molecule has 0 spiro atoms. The zero-order chi connectivity index (χ0) is 10.8. The SMILES string of the molecule is CCC(C)(C(=O)O)C1=CCC(=O)C=C1. The highest BCUT2D eigenvalue weighted by molar-refractivity contribution is 5.93. The summed E-state index contributed by atoms with van der Waals surface area (Å²) in [6, 6.07) is 0. The number of ketones is 1. The highest BCUT2D eigenvalue weighted by atomic mass is 16.4. The standard InChI is InChI=1S/C11H14O3/c1-3-11(2,10(13)14)8-4-6-9(12)7-5-8/h4-6H,3,7H2,1-2H3,(H,13,14). The van der Waals surface area contributed by atoms with Gasteiger partial charge in [0.2, 0.25) is 0 Å². The van der Waals surface area contributed by atoms with Gasteiger partial charge in [-0.05, 0) is 25.0 Å². The Morgan fingerprint density at radius 3 is 2.57 bits per heavy atom. The Bertz CT molecular complexity index is 325. The van der Waals surface area contributed by atoms with Crippen LogP contribution in [0.3, 0.4) is 0 Å². The number of rotatable bonds is 3. The van der Waals surface area contributed by atoms with Crippen LogP contribution in [-0.4, -0.2) is 16.9 Å². The van der Waals surface area contributed by atoms with Crippen molar-refractivity contribution in [1.29, 1.82) is 0 Å². The van der Waals surface area contributed by atoms with Gasteiger partial charge in [0, 0.05) is 6.42 Å². The van der Waals surface area contributed by atoms with Gasteiger partial charge in [0.15, 0.2) is 5.78 Å². The maximum absolute atomic E-state index is 11.1. The van der Waals surface area contributed by atoms with Gasteiger partial charge in [0.25, 0.3) is 0 Å². The third-order valence-corrected chi connectivity index (χ3v) is 2.79. The van der Waals surface area contributed by atoms with Crippen molar-refractivity contribution in [1.82, 2.24) is 0 Å². The first-order valence-corrected chi connectivity index (χ1v) is 4.65. The highest BCUT2D eigenvalue weighted by Gasteiger charge is 2.34. The lowest BCUT2D eigenvalue weighted by Gasteiger charge is -2.25. The van der Waals surface area contributed by atoms with Crippen LogP contribution in [0.1, 0.15) is 26.7 Å². The van der Waals surface area contributed by atoms with Crippen molar-refractivity contribution in [3.8, 4) is 0 Å². The first kappa shape index (κ1) is 10.7. The Balaban J connectivity index is 2.98. The van der Waals surface area contributed by atoms with E-state index in [-0.39, 0.29) is 5.78 Å². The molecule has 3 heteroatoms. The topological polar surface area (TPSA) is 54.4 Å². The van der Waals surface area contributed by atoms with E-state index in [1.54, 1.807) is 19.1 Å². The van der Waals surface area contributed by atoms with E-state index in [1.165, 1.54) is 6.08 Å². The van der Waals surface area contributed by atoms with Crippen molar-refractivity contribution in [2.45, 2.75) is 26.7 Å². The summed E-state index contributed by atoms with van der Waals surface area (Å²) in [7, 11) is 0. The summed E-state index contributed by atoms with van der Waals surface area (Å²) in [5, 5.41) is 9.09. The second-order valence-corrected chi connectivity index (χ2v) is 3.65. The van der Waals surface area contributed by atoms with Gasteiger partial charge in [0.1, 0.15) is 0 Å². The Morgan fingerprint density at radius 1 is 1.57 bits per heavy atom. The van der Waals surface area contributed by atoms with Crippen LogP contribution < -0.4 is 0 Å². The van der Waals surface area contributed by atoms with E-state index in [0.29, 0.717) is 12.8 Å². The zero-order valence-electron chi connectivity index (χ0n) is 8.41. The third-order valence-electron chi connectivity index (χ3n) is 2.79. The van der Waals surface area contributed by atoms with Crippen LogP contribution >= 0.6 is 0 Å². The average Bonchev–Trinajstić information content (AvgIpc) is 2.17. The molecule has 14 heavy (non-hydrogen) atoms.